The lowest BCUT2D eigenvalue weighted by molar-refractivity contribution is -0.148. The van der Waals surface area contributed by atoms with E-state index < -0.39 is 19.8 Å². The molecule has 2 aromatic rings. The van der Waals surface area contributed by atoms with Crippen LogP contribution in [0.3, 0.4) is 0 Å². The molecule has 2 unspecified atom stereocenters. The van der Waals surface area contributed by atoms with Crippen LogP contribution >= 0.6 is 7.75 Å². The molecular formula is C19H26NO5P. The molecule has 0 spiro atoms. The van der Waals surface area contributed by atoms with Crippen molar-refractivity contribution >= 4 is 24.5 Å². The lowest BCUT2D eigenvalue weighted by Crippen LogP contribution is -2.36. The number of ether oxygens (including phenoxy) is 1. The van der Waals surface area contributed by atoms with Gasteiger partial charge >= 0.3 is 13.7 Å². The Kier molecular flexibility index (Phi) is 6.45. The Morgan fingerprint density at radius 1 is 1.15 bits per heavy atom. The molecule has 0 fully saturated rings. The van der Waals surface area contributed by atoms with Gasteiger partial charge in [-0.05, 0) is 23.8 Å². The number of rotatable bonds is 7. The van der Waals surface area contributed by atoms with Crippen molar-refractivity contribution in [1.29, 1.82) is 0 Å². The van der Waals surface area contributed by atoms with Crippen LogP contribution < -0.4 is 9.61 Å². The number of carbonyl (C=O) groups is 1. The van der Waals surface area contributed by atoms with Gasteiger partial charge in [-0.2, -0.15) is 5.09 Å². The van der Waals surface area contributed by atoms with Gasteiger partial charge in [0.1, 0.15) is 11.8 Å². The molecule has 0 aromatic heterocycles. The van der Waals surface area contributed by atoms with Gasteiger partial charge in [0.25, 0.3) is 0 Å². The van der Waals surface area contributed by atoms with Crippen LogP contribution in [0.4, 0.5) is 0 Å². The number of esters is 1. The smallest absolute Gasteiger partial charge is 0.459 e. The summed E-state index contributed by atoms with van der Waals surface area (Å²) in [6, 6.07) is 12.2. The normalized spacial score (nSPS) is 15.3. The molecule has 142 valence electrons. The van der Waals surface area contributed by atoms with E-state index >= 15 is 0 Å². The molecule has 0 aliphatic heterocycles. The first kappa shape index (κ1) is 20.4. The molecule has 0 aliphatic rings. The molecule has 2 rings (SSSR count). The van der Waals surface area contributed by atoms with Crippen LogP contribution in [0.1, 0.15) is 27.7 Å². The second-order valence-corrected chi connectivity index (χ2v) is 9.07. The Bertz CT molecular complexity index is 810. The van der Waals surface area contributed by atoms with Crippen LogP contribution in [0.2, 0.25) is 0 Å². The maximum Gasteiger partial charge on any atom is 0.459 e. The maximum atomic E-state index is 12.9. The minimum Gasteiger partial charge on any atom is -0.464 e. The summed E-state index contributed by atoms with van der Waals surface area (Å²) in [5, 5.41) is 4.38. The number of benzene rings is 2. The highest BCUT2D eigenvalue weighted by Gasteiger charge is 2.31. The molecular weight excluding hydrogens is 353 g/mol. The van der Waals surface area contributed by atoms with Gasteiger partial charge in [0, 0.05) is 12.5 Å². The summed E-state index contributed by atoms with van der Waals surface area (Å²) in [6.07, 6.45) is 0. The van der Waals surface area contributed by atoms with Gasteiger partial charge in [-0.15, -0.1) is 0 Å². The highest BCUT2D eigenvalue weighted by molar-refractivity contribution is 7.52. The first-order valence-corrected chi connectivity index (χ1v) is 9.95. The quantitative estimate of drug-likeness (QED) is 0.562. The Morgan fingerprint density at radius 3 is 2.46 bits per heavy atom. The molecule has 0 amide bonds. The highest BCUT2D eigenvalue weighted by atomic mass is 31.2. The molecule has 0 saturated heterocycles. The largest absolute Gasteiger partial charge is 0.464 e. The van der Waals surface area contributed by atoms with E-state index in [9.17, 15) is 9.36 Å². The third-order valence-corrected chi connectivity index (χ3v) is 5.18. The number of hydrogen-bond acceptors (Lipinski definition) is 5. The zero-order valence-electron chi connectivity index (χ0n) is 15.8. The predicted molar refractivity (Wildman–Crippen MR) is 102 cm³/mol. The van der Waals surface area contributed by atoms with Crippen LogP contribution in [0.25, 0.3) is 10.8 Å². The lowest BCUT2D eigenvalue weighted by atomic mass is 9.99. The zero-order chi connectivity index (χ0) is 19.4. The van der Waals surface area contributed by atoms with Gasteiger partial charge < -0.3 is 9.26 Å². The standard InChI is InChI=1S/C19H26NO5P/c1-14(18(21)24-13-19(2,3)4)20-26(22,23-5)25-17-12-8-10-15-9-6-7-11-16(15)17/h6-12,14H,13H2,1-5H3,(H,20,22). The molecule has 0 aliphatic carbocycles. The molecule has 1 N–H and O–H groups in total. The van der Waals surface area contributed by atoms with Crippen molar-refractivity contribution < 1.29 is 23.1 Å². The summed E-state index contributed by atoms with van der Waals surface area (Å²) in [5.74, 6) is -0.102. The van der Waals surface area contributed by atoms with E-state index in [4.69, 9.17) is 13.8 Å². The molecule has 0 saturated carbocycles. The molecule has 0 heterocycles. The van der Waals surface area contributed by atoms with E-state index in [0.717, 1.165) is 10.8 Å². The average molecular weight is 379 g/mol. The van der Waals surface area contributed by atoms with Gasteiger partial charge in [0.15, 0.2) is 0 Å². The average Bonchev–Trinajstić information content (AvgIpc) is 2.59. The van der Waals surface area contributed by atoms with Crippen molar-refractivity contribution in [3.05, 3.63) is 42.5 Å². The molecule has 0 radical (unpaired) electrons. The summed E-state index contributed by atoms with van der Waals surface area (Å²) in [4.78, 5) is 12.1. The number of nitrogens with one attached hydrogen (secondary N) is 1. The first-order chi connectivity index (χ1) is 12.1. The van der Waals surface area contributed by atoms with Crippen molar-refractivity contribution in [1.82, 2.24) is 5.09 Å². The van der Waals surface area contributed by atoms with Crippen molar-refractivity contribution in [2.24, 2.45) is 5.41 Å². The molecule has 26 heavy (non-hydrogen) atoms. The fourth-order valence-electron chi connectivity index (χ4n) is 2.22. The topological polar surface area (TPSA) is 73.9 Å². The Balaban J connectivity index is 2.12. The fraction of sp³-hybridized carbons (Fsp3) is 0.421. The molecule has 2 atom stereocenters. The van der Waals surface area contributed by atoms with Crippen LogP contribution in [0, 0.1) is 5.41 Å². The Hall–Kier alpha value is -1.88. The third kappa shape index (κ3) is 5.56. The molecule has 2 aromatic carbocycles. The number of fused-ring (bicyclic) bond motifs is 1. The summed E-state index contributed by atoms with van der Waals surface area (Å²) in [6.45, 7) is 7.70. The van der Waals surface area contributed by atoms with Crippen molar-refractivity contribution in [3.8, 4) is 5.75 Å². The Morgan fingerprint density at radius 2 is 1.81 bits per heavy atom. The van der Waals surface area contributed by atoms with Crippen LogP contribution in [-0.4, -0.2) is 25.7 Å². The predicted octanol–water partition coefficient (Wildman–Crippen LogP) is 4.54. The van der Waals surface area contributed by atoms with Crippen molar-refractivity contribution in [3.63, 3.8) is 0 Å². The number of hydrogen-bond donors (Lipinski definition) is 1. The van der Waals surface area contributed by atoms with Gasteiger partial charge in [0.05, 0.1) is 6.61 Å². The summed E-state index contributed by atoms with van der Waals surface area (Å²) in [5.41, 5.74) is -0.153. The van der Waals surface area contributed by atoms with Gasteiger partial charge in [-0.3, -0.25) is 9.32 Å². The minimum absolute atomic E-state index is 0.153. The van der Waals surface area contributed by atoms with Crippen molar-refractivity contribution in [2.45, 2.75) is 33.7 Å². The van der Waals surface area contributed by atoms with E-state index in [1.54, 1.807) is 19.1 Å². The fourth-order valence-corrected chi connectivity index (χ4v) is 3.45. The Labute approximate surface area is 154 Å². The zero-order valence-corrected chi connectivity index (χ0v) is 16.7. The van der Waals surface area contributed by atoms with Crippen LogP contribution in [0.5, 0.6) is 5.75 Å². The van der Waals surface area contributed by atoms with E-state index in [-0.39, 0.29) is 12.0 Å². The van der Waals surface area contributed by atoms with Gasteiger partial charge in [-0.25, -0.2) is 4.57 Å². The summed E-state index contributed by atoms with van der Waals surface area (Å²) < 4.78 is 28.9. The molecule has 6 nitrogen and oxygen atoms in total. The second kappa shape index (κ2) is 8.21. The van der Waals surface area contributed by atoms with E-state index in [0.29, 0.717) is 5.75 Å². The summed E-state index contributed by atoms with van der Waals surface area (Å²) in [7, 11) is -2.48. The maximum absolute atomic E-state index is 12.9. The van der Waals surface area contributed by atoms with Crippen LogP contribution in [-0.2, 0) is 18.6 Å². The van der Waals surface area contributed by atoms with E-state index in [1.807, 2.05) is 51.1 Å². The van der Waals surface area contributed by atoms with Gasteiger partial charge in [0.2, 0.25) is 0 Å². The molecule has 0 bridgehead atoms. The minimum atomic E-state index is -3.75. The van der Waals surface area contributed by atoms with Crippen LogP contribution in [0.15, 0.2) is 42.5 Å². The van der Waals surface area contributed by atoms with E-state index in [1.165, 1.54) is 7.11 Å². The monoisotopic (exact) mass is 379 g/mol. The van der Waals surface area contributed by atoms with Crippen molar-refractivity contribution in [2.75, 3.05) is 13.7 Å². The van der Waals surface area contributed by atoms with E-state index in [2.05, 4.69) is 5.09 Å². The second-order valence-electron chi connectivity index (χ2n) is 7.27. The molecule has 7 heteroatoms. The summed E-state index contributed by atoms with van der Waals surface area (Å²) >= 11 is 0. The highest BCUT2D eigenvalue weighted by Crippen LogP contribution is 2.45. The third-order valence-electron chi connectivity index (χ3n) is 3.56. The SMILES string of the molecule is COP(=O)(NC(C)C(=O)OCC(C)(C)C)Oc1cccc2ccccc12. The number of carbonyl (C=O) groups excluding carboxylic acids is 1. The lowest BCUT2D eigenvalue weighted by Gasteiger charge is -2.23. The first-order valence-electron chi connectivity index (χ1n) is 8.41. The van der Waals surface area contributed by atoms with Gasteiger partial charge in [-0.1, -0.05) is 57.2 Å².